The smallest absolute Gasteiger partial charge is 0.328 e. The first-order chi connectivity index (χ1) is 8.51. The quantitative estimate of drug-likeness (QED) is 0.843. The monoisotopic (exact) mass is 333 g/mol. The Balaban J connectivity index is 2.81. The number of thiophene rings is 1. The summed E-state index contributed by atoms with van der Waals surface area (Å²) in [5, 5.41) is 4.54. The minimum absolute atomic E-state index is 0.0279. The van der Waals surface area contributed by atoms with E-state index in [-0.39, 0.29) is 11.8 Å². The Hall–Kier alpha value is -0.880. The molecule has 0 bridgehead atoms. The maximum atomic E-state index is 12.0. The van der Waals surface area contributed by atoms with Crippen molar-refractivity contribution in [2.75, 3.05) is 7.11 Å². The van der Waals surface area contributed by atoms with Crippen LogP contribution in [0, 0.1) is 5.92 Å². The molecular formula is C12H16BrNO3S. The molecule has 0 fully saturated rings. The van der Waals surface area contributed by atoms with Crippen molar-refractivity contribution in [3.05, 3.63) is 20.8 Å². The number of rotatable bonds is 5. The highest BCUT2D eigenvalue weighted by Crippen LogP contribution is 2.23. The fraction of sp³-hybridized carbons (Fsp3) is 0.500. The van der Waals surface area contributed by atoms with Gasteiger partial charge in [-0.1, -0.05) is 20.3 Å². The summed E-state index contributed by atoms with van der Waals surface area (Å²) >= 11 is 4.63. The Morgan fingerprint density at radius 2 is 2.22 bits per heavy atom. The van der Waals surface area contributed by atoms with Gasteiger partial charge in [0.1, 0.15) is 10.9 Å². The van der Waals surface area contributed by atoms with Crippen LogP contribution in [-0.2, 0) is 9.53 Å². The van der Waals surface area contributed by atoms with Gasteiger partial charge in [0.05, 0.1) is 7.11 Å². The van der Waals surface area contributed by atoms with Crippen LogP contribution in [0.25, 0.3) is 0 Å². The van der Waals surface area contributed by atoms with Gasteiger partial charge in [0.2, 0.25) is 0 Å². The van der Waals surface area contributed by atoms with E-state index in [4.69, 9.17) is 4.74 Å². The number of carbonyl (C=O) groups is 2. The van der Waals surface area contributed by atoms with Gasteiger partial charge in [-0.3, -0.25) is 4.79 Å². The summed E-state index contributed by atoms with van der Waals surface area (Å²) in [6.45, 7) is 3.87. The fourth-order valence-electron chi connectivity index (χ4n) is 1.46. The number of halogens is 1. The molecule has 1 aromatic heterocycles. The second-order valence-electron chi connectivity index (χ2n) is 3.96. The van der Waals surface area contributed by atoms with Crippen LogP contribution in [0.5, 0.6) is 0 Å². The third kappa shape index (κ3) is 3.55. The molecule has 0 aliphatic heterocycles. The summed E-state index contributed by atoms with van der Waals surface area (Å²) in [6, 6.07) is 1.19. The molecule has 1 amide bonds. The van der Waals surface area contributed by atoms with E-state index in [9.17, 15) is 9.59 Å². The normalized spacial score (nSPS) is 13.8. The summed E-state index contributed by atoms with van der Waals surface area (Å²) in [5.74, 6) is -0.641. The molecule has 2 atom stereocenters. The van der Waals surface area contributed by atoms with Gasteiger partial charge in [-0.25, -0.2) is 4.79 Å². The second-order valence-corrected chi connectivity index (χ2v) is 5.73. The van der Waals surface area contributed by atoms with E-state index in [1.54, 1.807) is 6.07 Å². The van der Waals surface area contributed by atoms with E-state index < -0.39 is 12.0 Å². The van der Waals surface area contributed by atoms with Crippen LogP contribution in [-0.4, -0.2) is 25.0 Å². The lowest BCUT2D eigenvalue weighted by Crippen LogP contribution is -2.45. The van der Waals surface area contributed by atoms with E-state index >= 15 is 0 Å². The maximum absolute atomic E-state index is 12.0. The predicted octanol–water partition coefficient (Wildman–Crippen LogP) is 2.83. The molecule has 4 nitrogen and oxygen atoms in total. The van der Waals surface area contributed by atoms with Crippen molar-refractivity contribution in [1.82, 2.24) is 5.32 Å². The molecule has 2 unspecified atom stereocenters. The van der Waals surface area contributed by atoms with Crippen LogP contribution in [0.3, 0.4) is 0 Å². The van der Waals surface area contributed by atoms with Gasteiger partial charge >= 0.3 is 5.97 Å². The zero-order chi connectivity index (χ0) is 13.7. The summed E-state index contributed by atoms with van der Waals surface area (Å²) in [6.07, 6.45) is 0.783. The lowest BCUT2D eigenvalue weighted by molar-refractivity contribution is -0.144. The average molecular weight is 334 g/mol. The molecule has 100 valence electrons. The molecule has 0 spiro atoms. The van der Waals surface area contributed by atoms with Crippen LogP contribution >= 0.6 is 27.3 Å². The van der Waals surface area contributed by atoms with Gasteiger partial charge in [0.15, 0.2) is 0 Å². The summed E-state index contributed by atoms with van der Waals surface area (Å²) in [5.41, 5.74) is 0. The Labute approximate surface area is 119 Å². The Morgan fingerprint density at radius 1 is 1.56 bits per heavy atom. The molecule has 0 radical (unpaired) electrons. The third-order valence-electron chi connectivity index (χ3n) is 2.78. The molecule has 0 saturated carbocycles. The molecule has 0 aliphatic carbocycles. The van der Waals surface area contributed by atoms with Crippen molar-refractivity contribution >= 4 is 39.1 Å². The van der Waals surface area contributed by atoms with Gasteiger partial charge in [0.25, 0.3) is 5.91 Å². The highest BCUT2D eigenvalue weighted by atomic mass is 79.9. The van der Waals surface area contributed by atoms with Crippen molar-refractivity contribution in [2.45, 2.75) is 26.3 Å². The summed E-state index contributed by atoms with van der Waals surface area (Å²) in [4.78, 5) is 24.3. The van der Waals surface area contributed by atoms with Crippen molar-refractivity contribution in [2.24, 2.45) is 5.92 Å². The highest BCUT2D eigenvalue weighted by Gasteiger charge is 2.27. The van der Waals surface area contributed by atoms with Crippen molar-refractivity contribution in [3.63, 3.8) is 0 Å². The van der Waals surface area contributed by atoms with Crippen molar-refractivity contribution in [3.8, 4) is 0 Å². The first-order valence-electron chi connectivity index (χ1n) is 5.62. The predicted molar refractivity (Wildman–Crippen MR) is 74.7 cm³/mol. The SMILES string of the molecule is CCC(C)C(NC(=O)c1sccc1Br)C(=O)OC. The molecule has 0 aromatic carbocycles. The van der Waals surface area contributed by atoms with Gasteiger partial charge in [-0.2, -0.15) is 0 Å². The molecule has 1 N–H and O–H groups in total. The number of esters is 1. The van der Waals surface area contributed by atoms with E-state index in [1.165, 1.54) is 18.4 Å². The van der Waals surface area contributed by atoms with Crippen LogP contribution in [0.1, 0.15) is 29.9 Å². The van der Waals surface area contributed by atoms with E-state index in [0.717, 1.165) is 10.9 Å². The first kappa shape index (κ1) is 15.2. The van der Waals surface area contributed by atoms with E-state index in [0.29, 0.717) is 4.88 Å². The number of carbonyl (C=O) groups excluding carboxylic acids is 2. The maximum Gasteiger partial charge on any atom is 0.328 e. The Morgan fingerprint density at radius 3 is 2.67 bits per heavy atom. The molecule has 6 heteroatoms. The topological polar surface area (TPSA) is 55.4 Å². The molecule has 1 rings (SSSR count). The molecule has 1 heterocycles. The molecular weight excluding hydrogens is 318 g/mol. The minimum atomic E-state index is -0.610. The van der Waals surface area contributed by atoms with Gasteiger partial charge in [-0.15, -0.1) is 11.3 Å². The van der Waals surface area contributed by atoms with Crippen LogP contribution in [0.2, 0.25) is 0 Å². The molecule has 1 aromatic rings. The molecule has 0 aliphatic rings. The number of hydrogen-bond donors (Lipinski definition) is 1. The summed E-state index contributed by atoms with van der Waals surface area (Å²) in [7, 11) is 1.32. The van der Waals surface area contributed by atoms with E-state index in [1.807, 2.05) is 19.2 Å². The minimum Gasteiger partial charge on any atom is -0.467 e. The number of amides is 1. The number of ether oxygens (including phenoxy) is 1. The van der Waals surface area contributed by atoms with Crippen LogP contribution in [0.15, 0.2) is 15.9 Å². The van der Waals surface area contributed by atoms with Crippen molar-refractivity contribution < 1.29 is 14.3 Å². The van der Waals surface area contributed by atoms with Crippen LogP contribution in [0.4, 0.5) is 0 Å². The largest absolute Gasteiger partial charge is 0.467 e. The highest BCUT2D eigenvalue weighted by molar-refractivity contribution is 9.10. The third-order valence-corrected chi connectivity index (χ3v) is 4.61. The van der Waals surface area contributed by atoms with Gasteiger partial charge in [0, 0.05) is 4.47 Å². The molecule has 18 heavy (non-hydrogen) atoms. The average Bonchev–Trinajstić information content (AvgIpc) is 2.80. The van der Waals surface area contributed by atoms with Crippen LogP contribution < -0.4 is 5.32 Å². The van der Waals surface area contributed by atoms with E-state index in [2.05, 4.69) is 21.2 Å². The summed E-state index contributed by atoms with van der Waals surface area (Å²) < 4.78 is 5.46. The standard InChI is InChI=1S/C12H16BrNO3S/c1-4-7(2)9(12(16)17-3)14-11(15)10-8(13)5-6-18-10/h5-7,9H,4H2,1-3H3,(H,14,15). The zero-order valence-electron chi connectivity index (χ0n) is 10.5. The fourth-order valence-corrected chi connectivity index (χ4v) is 2.91. The lowest BCUT2D eigenvalue weighted by Gasteiger charge is -2.21. The Kier molecular flexibility index (Phi) is 5.81. The van der Waals surface area contributed by atoms with Gasteiger partial charge in [-0.05, 0) is 33.3 Å². The Bertz CT molecular complexity index is 433. The lowest BCUT2D eigenvalue weighted by atomic mass is 9.99. The number of hydrogen-bond acceptors (Lipinski definition) is 4. The first-order valence-corrected chi connectivity index (χ1v) is 7.30. The zero-order valence-corrected chi connectivity index (χ0v) is 12.9. The van der Waals surface area contributed by atoms with Crippen molar-refractivity contribution in [1.29, 1.82) is 0 Å². The number of nitrogens with one attached hydrogen (secondary N) is 1. The molecule has 0 saturated heterocycles. The number of methoxy groups -OCH3 is 1. The van der Waals surface area contributed by atoms with Gasteiger partial charge < -0.3 is 10.1 Å². The second kappa shape index (κ2) is 6.89.